The van der Waals surface area contributed by atoms with Crippen LogP contribution in [0, 0.1) is 23.9 Å². The fraction of sp³-hybridized carbons (Fsp3) is 0.600. The second-order valence-corrected chi connectivity index (χ2v) is 8.09. The van der Waals surface area contributed by atoms with Crippen LogP contribution in [0.3, 0.4) is 0 Å². The average Bonchev–Trinajstić information content (AvgIpc) is 1.90. The summed E-state index contributed by atoms with van der Waals surface area (Å²) < 4.78 is 0. The highest BCUT2D eigenvalue weighted by Crippen LogP contribution is 2.30. The number of hydrogen-bond acceptors (Lipinski definition) is 0. The van der Waals surface area contributed by atoms with Gasteiger partial charge in [0, 0.05) is 0 Å². The van der Waals surface area contributed by atoms with Crippen molar-refractivity contribution in [1.29, 1.82) is 0 Å². The Hall–Kier alpha value is -0.663. The molecule has 0 amide bonds. The second-order valence-electron chi connectivity index (χ2n) is 3.47. The van der Waals surface area contributed by atoms with Crippen LogP contribution in [-0.2, 0) is 0 Å². The quantitative estimate of drug-likeness (QED) is 0.435. The summed E-state index contributed by atoms with van der Waals surface area (Å²) in [5.74, 6) is 0. The van der Waals surface area contributed by atoms with Crippen molar-refractivity contribution in [3.63, 3.8) is 0 Å². The van der Waals surface area contributed by atoms with E-state index < -0.39 is 8.07 Å². The molecule has 60 valence electrons. The third-order valence-electron chi connectivity index (χ3n) is 2.30. The summed E-state index contributed by atoms with van der Waals surface area (Å²) in [5, 5.41) is 0. The van der Waals surface area contributed by atoms with Gasteiger partial charge in [0.05, 0.1) is 0 Å². The summed E-state index contributed by atoms with van der Waals surface area (Å²) in [6.45, 7) is 8.52. The summed E-state index contributed by atoms with van der Waals surface area (Å²) >= 11 is 0. The van der Waals surface area contributed by atoms with Gasteiger partial charge in [-0.3, -0.25) is 0 Å². The summed E-state index contributed by atoms with van der Waals surface area (Å²) in [6.07, 6.45) is 11.0. The van der Waals surface area contributed by atoms with Crippen LogP contribution < -0.4 is 0 Å². The Bertz CT molecular complexity index is 176. The molecule has 0 radical (unpaired) electrons. The molecule has 0 spiro atoms. The minimum atomic E-state index is -1.84. The van der Waals surface area contributed by atoms with Gasteiger partial charge in [-0.1, -0.05) is 27.7 Å². The largest absolute Gasteiger partial charge is 0.220 e. The predicted octanol–water partition coefficient (Wildman–Crippen LogP) is 2.60. The van der Waals surface area contributed by atoms with Gasteiger partial charge in [0.25, 0.3) is 0 Å². The Kier molecular flexibility index (Phi) is 3.43. The normalized spacial score (nSPS) is 11.3. The van der Waals surface area contributed by atoms with Crippen LogP contribution in [0.1, 0.15) is 27.7 Å². The Labute approximate surface area is 71.4 Å². The Morgan fingerprint density at radius 1 is 0.909 bits per heavy atom. The van der Waals surface area contributed by atoms with E-state index in [1.807, 2.05) is 0 Å². The Morgan fingerprint density at radius 2 is 1.18 bits per heavy atom. The van der Waals surface area contributed by atoms with Crippen molar-refractivity contribution in [2.45, 2.75) is 38.8 Å². The van der Waals surface area contributed by atoms with E-state index in [4.69, 9.17) is 12.8 Å². The summed E-state index contributed by atoms with van der Waals surface area (Å²) in [5.41, 5.74) is 6.70. The first-order valence-electron chi connectivity index (χ1n) is 3.96. The van der Waals surface area contributed by atoms with Crippen molar-refractivity contribution in [3.8, 4) is 23.9 Å². The van der Waals surface area contributed by atoms with Crippen LogP contribution in [0.2, 0.25) is 11.1 Å². The number of rotatable bonds is 2. The average molecular weight is 164 g/mol. The molecule has 0 aliphatic rings. The van der Waals surface area contributed by atoms with Crippen LogP contribution in [0.5, 0.6) is 0 Å². The molecule has 0 aromatic heterocycles. The van der Waals surface area contributed by atoms with Gasteiger partial charge in [0.15, 0.2) is 0 Å². The molecular weight excluding hydrogens is 148 g/mol. The van der Waals surface area contributed by atoms with Crippen LogP contribution in [0.4, 0.5) is 0 Å². The topological polar surface area (TPSA) is 0 Å². The van der Waals surface area contributed by atoms with Crippen molar-refractivity contribution in [3.05, 3.63) is 0 Å². The molecule has 0 N–H and O–H groups in total. The number of hydrogen-bond donors (Lipinski definition) is 0. The smallest absolute Gasteiger partial charge is 0.126 e. The molecule has 0 aromatic carbocycles. The van der Waals surface area contributed by atoms with Crippen LogP contribution in [-0.4, -0.2) is 8.07 Å². The molecule has 0 aliphatic carbocycles. The Morgan fingerprint density at radius 3 is 1.18 bits per heavy atom. The fourth-order valence-electron chi connectivity index (χ4n) is 1.38. The maximum atomic E-state index is 5.49. The van der Waals surface area contributed by atoms with Gasteiger partial charge in [-0.25, -0.2) is 0 Å². The highest BCUT2D eigenvalue weighted by molar-refractivity contribution is 6.96. The lowest BCUT2D eigenvalue weighted by molar-refractivity contribution is 0.934. The molecule has 0 fully saturated rings. The molecule has 0 rings (SSSR count). The van der Waals surface area contributed by atoms with Gasteiger partial charge in [-0.15, -0.1) is 23.9 Å². The fourth-order valence-corrected chi connectivity index (χ4v) is 4.13. The highest BCUT2D eigenvalue weighted by Gasteiger charge is 2.36. The molecule has 0 aliphatic heterocycles. The SMILES string of the molecule is C#C[Si](C#C)(C(C)C)C(C)C. The molecular formula is C10H16Si. The lowest BCUT2D eigenvalue weighted by atomic mass is 10.5. The third kappa shape index (κ3) is 1.67. The van der Waals surface area contributed by atoms with E-state index in [1.54, 1.807) is 0 Å². The van der Waals surface area contributed by atoms with Gasteiger partial charge < -0.3 is 0 Å². The van der Waals surface area contributed by atoms with Crippen molar-refractivity contribution in [2.24, 2.45) is 0 Å². The predicted molar refractivity (Wildman–Crippen MR) is 53.6 cm³/mol. The first-order valence-corrected chi connectivity index (χ1v) is 6.12. The molecule has 0 nitrogen and oxygen atoms in total. The van der Waals surface area contributed by atoms with E-state index in [0.29, 0.717) is 11.1 Å². The lowest BCUT2D eigenvalue weighted by Crippen LogP contribution is -2.38. The molecule has 0 saturated heterocycles. The van der Waals surface area contributed by atoms with Crippen molar-refractivity contribution >= 4 is 8.07 Å². The first-order chi connectivity index (χ1) is 5.01. The van der Waals surface area contributed by atoms with Gasteiger partial charge in [-0.05, 0) is 11.1 Å². The zero-order chi connectivity index (χ0) is 9.07. The zero-order valence-corrected chi connectivity index (χ0v) is 8.81. The zero-order valence-electron chi connectivity index (χ0n) is 7.81. The minimum Gasteiger partial charge on any atom is -0.126 e. The highest BCUT2D eigenvalue weighted by atomic mass is 28.3. The van der Waals surface area contributed by atoms with Gasteiger partial charge in [0.1, 0.15) is 0 Å². The van der Waals surface area contributed by atoms with Gasteiger partial charge >= 0.3 is 0 Å². The Balaban J connectivity index is 4.85. The van der Waals surface area contributed by atoms with Crippen LogP contribution in [0.15, 0.2) is 0 Å². The van der Waals surface area contributed by atoms with E-state index >= 15 is 0 Å². The summed E-state index contributed by atoms with van der Waals surface area (Å²) in [6, 6.07) is 0. The summed E-state index contributed by atoms with van der Waals surface area (Å²) in [4.78, 5) is 0. The molecule has 1 heteroatoms. The van der Waals surface area contributed by atoms with Gasteiger partial charge in [0.2, 0.25) is 8.07 Å². The monoisotopic (exact) mass is 164 g/mol. The van der Waals surface area contributed by atoms with Crippen molar-refractivity contribution in [1.82, 2.24) is 0 Å². The first kappa shape index (κ1) is 10.3. The molecule has 0 bridgehead atoms. The van der Waals surface area contributed by atoms with E-state index in [0.717, 1.165) is 0 Å². The molecule has 0 unspecified atom stereocenters. The molecule has 0 atom stereocenters. The molecule has 11 heavy (non-hydrogen) atoms. The lowest BCUT2D eigenvalue weighted by Gasteiger charge is -2.27. The van der Waals surface area contributed by atoms with Crippen molar-refractivity contribution < 1.29 is 0 Å². The van der Waals surface area contributed by atoms with Crippen LogP contribution in [0.25, 0.3) is 0 Å². The maximum Gasteiger partial charge on any atom is 0.220 e. The summed E-state index contributed by atoms with van der Waals surface area (Å²) in [7, 11) is -1.84. The van der Waals surface area contributed by atoms with Gasteiger partial charge in [-0.2, -0.15) is 0 Å². The standard InChI is InChI=1S/C10H16Si/c1-7-11(8-2,9(3)4)10(5)6/h1-2,9-10H,3-6H3. The maximum absolute atomic E-state index is 5.49. The molecule has 0 aromatic rings. The van der Waals surface area contributed by atoms with E-state index in [1.165, 1.54) is 0 Å². The van der Waals surface area contributed by atoms with E-state index in [2.05, 4.69) is 38.8 Å². The molecule has 0 saturated carbocycles. The van der Waals surface area contributed by atoms with Crippen molar-refractivity contribution in [2.75, 3.05) is 0 Å². The second kappa shape index (κ2) is 3.65. The number of terminal acetylenes is 2. The van der Waals surface area contributed by atoms with E-state index in [-0.39, 0.29) is 0 Å². The third-order valence-corrected chi connectivity index (χ3v) is 6.90. The van der Waals surface area contributed by atoms with E-state index in [9.17, 15) is 0 Å². The van der Waals surface area contributed by atoms with Crippen LogP contribution >= 0.6 is 0 Å². The minimum absolute atomic E-state index is 0.484. The molecule has 0 heterocycles.